The van der Waals surface area contributed by atoms with E-state index >= 15 is 0 Å². The Labute approximate surface area is 93.2 Å². The van der Waals surface area contributed by atoms with Crippen molar-refractivity contribution < 1.29 is 0 Å². The van der Waals surface area contributed by atoms with Crippen LogP contribution in [0.2, 0.25) is 0 Å². The molecule has 0 saturated heterocycles. The standard InChI is InChI=1S/C9H23N3.Al.3H/c1-6-7-9(11-4,12-5)8(2)10-3;;;;/h8,10-12H,6-7H2,1-5H3;;;;. The summed E-state index contributed by atoms with van der Waals surface area (Å²) < 4.78 is 0. The van der Waals surface area contributed by atoms with Gasteiger partial charge in [-0.15, -0.1) is 0 Å². The SMILES string of the molecule is CCCC(NC)(NC)C(C)NC.[AlH3]. The Hall–Kier alpha value is 0.412. The molecule has 1 unspecified atom stereocenters. The summed E-state index contributed by atoms with van der Waals surface area (Å²) in [4.78, 5) is 0. The summed E-state index contributed by atoms with van der Waals surface area (Å²) in [5.41, 5.74) is 0.0312. The van der Waals surface area contributed by atoms with Crippen LogP contribution in [-0.2, 0) is 0 Å². The van der Waals surface area contributed by atoms with E-state index in [0.717, 1.165) is 6.42 Å². The van der Waals surface area contributed by atoms with Crippen molar-refractivity contribution >= 4 is 17.4 Å². The zero-order valence-electron chi connectivity index (χ0n) is 8.99. The van der Waals surface area contributed by atoms with Crippen molar-refractivity contribution in [1.82, 2.24) is 16.0 Å². The highest BCUT2D eigenvalue weighted by Crippen LogP contribution is 2.12. The average Bonchev–Trinajstić information content (AvgIpc) is 2.13. The average molecular weight is 203 g/mol. The van der Waals surface area contributed by atoms with Crippen LogP contribution >= 0.6 is 0 Å². The molecule has 0 fully saturated rings. The third-order valence-corrected chi connectivity index (χ3v) is 2.71. The lowest BCUT2D eigenvalue weighted by molar-refractivity contribution is 0.207. The first-order valence-electron chi connectivity index (χ1n) is 4.72. The molecule has 4 heteroatoms. The summed E-state index contributed by atoms with van der Waals surface area (Å²) >= 11 is 0. The molecule has 0 aliphatic heterocycles. The molecule has 0 heterocycles. The van der Waals surface area contributed by atoms with Crippen molar-refractivity contribution in [1.29, 1.82) is 0 Å². The summed E-state index contributed by atoms with van der Waals surface area (Å²) in [5.74, 6) is 0. The maximum absolute atomic E-state index is 3.34. The van der Waals surface area contributed by atoms with Gasteiger partial charge in [0.2, 0.25) is 0 Å². The van der Waals surface area contributed by atoms with E-state index in [1.54, 1.807) is 0 Å². The zero-order valence-corrected chi connectivity index (χ0v) is 8.99. The van der Waals surface area contributed by atoms with Gasteiger partial charge in [0.15, 0.2) is 17.4 Å². The zero-order chi connectivity index (χ0) is 9.61. The van der Waals surface area contributed by atoms with Gasteiger partial charge < -0.3 is 16.0 Å². The third kappa shape index (κ3) is 3.97. The van der Waals surface area contributed by atoms with E-state index < -0.39 is 0 Å². The van der Waals surface area contributed by atoms with Crippen molar-refractivity contribution in [3.8, 4) is 0 Å². The number of likely N-dealkylation sites (N-methyl/N-ethyl adjacent to an activating group) is 3. The Morgan fingerprint density at radius 3 is 1.85 bits per heavy atom. The fraction of sp³-hybridized carbons (Fsp3) is 1.00. The smallest absolute Gasteiger partial charge is 0.187 e. The van der Waals surface area contributed by atoms with Crippen LogP contribution in [0.5, 0.6) is 0 Å². The van der Waals surface area contributed by atoms with Crippen LogP contribution in [0.3, 0.4) is 0 Å². The first kappa shape index (κ1) is 15.9. The van der Waals surface area contributed by atoms with E-state index in [9.17, 15) is 0 Å². The number of hydrogen-bond acceptors (Lipinski definition) is 3. The minimum Gasteiger partial charge on any atom is -0.314 e. The van der Waals surface area contributed by atoms with E-state index in [1.807, 2.05) is 21.1 Å². The van der Waals surface area contributed by atoms with Crippen LogP contribution in [0.4, 0.5) is 0 Å². The normalized spacial score (nSPS) is 13.6. The van der Waals surface area contributed by atoms with E-state index in [-0.39, 0.29) is 23.0 Å². The lowest BCUT2D eigenvalue weighted by atomic mass is 9.96. The molecule has 0 saturated carbocycles. The van der Waals surface area contributed by atoms with Crippen molar-refractivity contribution in [2.75, 3.05) is 21.1 Å². The summed E-state index contributed by atoms with van der Waals surface area (Å²) in [6.07, 6.45) is 2.30. The molecule has 0 aliphatic rings. The van der Waals surface area contributed by atoms with Crippen LogP contribution in [0.1, 0.15) is 26.7 Å². The van der Waals surface area contributed by atoms with Crippen molar-refractivity contribution in [3.63, 3.8) is 0 Å². The predicted octanol–water partition coefficient (Wildman–Crippen LogP) is -0.654. The number of hydrogen-bond donors (Lipinski definition) is 3. The number of rotatable bonds is 6. The Kier molecular flexibility index (Phi) is 9.50. The molecule has 0 bridgehead atoms. The number of nitrogens with one attached hydrogen (secondary N) is 3. The minimum absolute atomic E-state index is 0. The quantitative estimate of drug-likeness (QED) is 0.396. The molecule has 0 aromatic rings. The maximum atomic E-state index is 3.34. The van der Waals surface area contributed by atoms with Gasteiger partial charge >= 0.3 is 0 Å². The van der Waals surface area contributed by atoms with Crippen LogP contribution < -0.4 is 16.0 Å². The predicted molar refractivity (Wildman–Crippen MR) is 64.2 cm³/mol. The molecule has 0 rings (SSSR count). The summed E-state index contributed by atoms with van der Waals surface area (Å²) in [6.45, 7) is 4.38. The van der Waals surface area contributed by atoms with Crippen LogP contribution in [0, 0.1) is 0 Å². The molecule has 0 aliphatic carbocycles. The Morgan fingerprint density at radius 1 is 1.15 bits per heavy atom. The van der Waals surface area contributed by atoms with Gasteiger partial charge in [-0.05, 0) is 34.5 Å². The lowest BCUT2D eigenvalue weighted by Gasteiger charge is -2.38. The van der Waals surface area contributed by atoms with E-state index in [4.69, 9.17) is 0 Å². The second kappa shape index (κ2) is 7.78. The van der Waals surface area contributed by atoms with Gasteiger partial charge in [-0.3, -0.25) is 0 Å². The van der Waals surface area contributed by atoms with Gasteiger partial charge in [-0.2, -0.15) is 0 Å². The summed E-state index contributed by atoms with van der Waals surface area (Å²) in [5, 5.41) is 9.95. The Morgan fingerprint density at radius 2 is 1.62 bits per heavy atom. The second-order valence-corrected chi connectivity index (χ2v) is 3.23. The molecule has 13 heavy (non-hydrogen) atoms. The molecular weight excluding hydrogens is 177 g/mol. The monoisotopic (exact) mass is 203 g/mol. The van der Waals surface area contributed by atoms with Crippen molar-refractivity contribution in [3.05, 3.63) is 0 Å². The molecule has 0 aromatic carbocycles. The first-order valence-corrected chi connectivity index (χ1v) is 4.72. The van der Waals surface area contributed by atoms with Crippen LogP contribution in [-0.4, -0.2) is 50.2 Å². The largest absolute Gasteiger partial charge is 0.314 e. The maximum Gasteiger partial charge on any atom is 0.187 e. The van der Waals surface area contributed by atoms with Crippen molar-refractivity contribution in [2.24, 2.45) is 0 Å². The summed E-state index contributed by atoms with van der Waals surface area (Å²) in [7, 11) is 5.99. The van der Waals surface area contributed by atoms with Gasteiger partial charge in [-0.25, -0.2) is 0 Å². The van der Waals surface area contributed by atoms with Gasteiger partial charge in [0.25, 0.3) is 0 Å². The molecule has 0 spiro atoms. The van der Waals surface area contributed by atoms with Gasteiger partial charge in [0.05, 0.1) is 5.66 Å². The first-order chi connectivity index (χ1) is 5.66. The van der Waals surface area contributed by atoms with E-state index in [2.05, 4.69) is 29.8 Å². The molecule has 1 atom stereocenters. The molecule has 3 nitrogen and oxygen atoms in total. The van der Waals surface area contributed by atoms with E-state index in [1.165, 1.54) is 6.42 Å². The third-order valence-electron chi connectivity index (χ3n) is 2.71. The van der Waals surface area contributed by atoms with E-state index in [0.29, 0.717) is 6.04 Å². The van der Waals surface area contributed by atoms with Crippen LogP contribution in [0.15, 0.2) is 0 Å². The fourth-order valence-electron chi connectivity index (χ4n) is 1.67. The Balaban J connectivity index is 0. The highest BCUT2D eigenvalue weighted by molar-refractivity contribution is 5.75. The van der Waals surface area contributed by atoms with Gasteiger partial charge in [0, 0.05) is 6.04 Å². The van der Waals surface area contributed by atoms with Gasteiger partial charge in [0.1, 0.15) is 0 Å². The topological polar surface area (TPSA) is 36.1 Å². The molecule has 0 aromatic heterocycles. The fourth-order valence-corrected chi connectivity index (χ4v) is 1.67. The molecule has 0 radical (unpaired) electrons. The van der Waals surface area contributed by atoms with Crippen molar-refractivity contribution in [2.45, 2.75) is 38.4 Å². The molecule has 3 N–H and O–H groups in total. The molecule has 0 amide bonds. The second-order valence-electron chi connectivity index (χ2n) is 3.23. The highest BCUT2D eigenvalue weighted by atomic mass is 27.0. The summed E-state index contributed by atoms with van der Waals surface area (Å²) in [6, 6.07) is 0.424. The van der Waals surface area contributed by atoms with Gasteiger partial charge in [-0.1, -0.05) is 13.3 Å². The molecular formula is C9H26AlN3. The molecule has 80 valence electrons. The highest BCUT2D eigenvalue weighted by Gasteiger charge is 2.30. The minimum atomic E-state index is 0. The van der Waals surface area contributed by atoms with Crippen LogP contribution in [0.25, 0.3) is 0 Å². The Bertz CT molecular complexity index is 115. The lowest BCUT2D eigenvalue weighted by Crippen LogP contribution is -2.64.